The van der Waals surface area contributed by atoms with E-state index in [1.54, 1.807) is 0 Å². The van der Waals surface area contributed by atoms with Crippen molar-refractivity contribution in [3.8, 4) is 0 Å². The molecule has 5 heteroatoms. The minimum absolute atomic E-state index is 0.499. The van der Waals surface area contributed by atoms with Gasteiger partial charge in [0.25, 0.3) is 0 Å². The fourth-order valence-electron chi connectivity index (χ4n) is 1.02. The smallest absolute Gasteiger partial charge is 0.416 e. The number of esters is 1. The predicted molar refractivity (Wildman–Crippen MR) is 63.8 cm³/mol. The molecule has 2 nitrogen and oxygen atoms in total. The molecule has 0 aliphatic carbocycles. The lowest BCUT2D eigenvalue weighted by Gasteiger charge is -2.05. The van der Waals surface area contributed by atoms with Crippen molar-refractivity contribution in [2.45, 2.75) is 20.0 Å². The largest absolute Gasteiger partial charge is 0.466 e. The van der Waals surface area contributed by atoms with Gasteiger partial charge in [-0.1, -0.05) is 26.0 Å². The lowest BCUT2D eigenvalue weighted by molar-refractivity contribution is -0.137. The van der Waals surface area contributed by atoms with Crippen molar-refractivity contribution in [3.63, 3.8) is 0 Å². The van der Waals surface area contributed by atoms with Crippen LogP contribution in [0.3, 0.4) is 0 Å². The Bertz CT molecular complexity index is 392. The van der Waals surface area contributed by atoms with Crippen LogP contribution in [0.5, 0.6) is 0 Å². The number of ether oxygens (including phenoxy) is 1. The number of halogens is 3. The van der Waals surface area contributed by atoms with Gasteiger partial charge in [0, 0.05) is 6.08 Å². The van der Waals surface area contributed by atoms with E-state index in [9.17, 15) is 18.0 Å². The molecule has 0 N–H and O–H groups in total. The molecule has 0 heterocycles. The van der Waals surface area contributed by atoms with Gasteiger partial charge in [0.2, 0.25) is 0 Å². The highest BCUT2D eigenvalue weighted by atomic mass is 19.4. The monoisotopic (exact) mass is 260 g/mol. The lowest BCUT2D eigenvalue weighted by Crippen LogP contribution is -2.04. The van der Waals surface area contributed by atoms with E-state index in [1.807, 2.05) is 13.8 Å². The van der Waals surface area contributed by atoms with Crippen molar-refractivity contribution >= 4 is 12.0 Å². The highest BCUT2D eigenvalue weighted by Crippen LogP contribution is 2.29. The molecule has 0 saturated heterocycles. The van der Waals surface area contributed by atoms with E-state index in [4.69, 9.17) is 0 Å². The number of alkyl halides is 3. The molecular weight excluding hydrogens is 245 g/mol. The van der Waals surface area contributed by atoms with Gasteiger partial charge in [-0.15, -0.1) is 0 Å². The normalized spacial score (nSPS) is 10.8. The van der Waals surface area contributed by atoms with Crippen LogP contribution >= 0.6 is 0 Å². The number of benzene rings is 1. The Kier molecular flexibility index (Phi) is 6.78. The maximum atomic E-state index is 12.2. The van der Waals surface area contributed by atoms with E-state index < -0.39 is 17.7 Å². The van der Waals surface area contributed by atoms with Gasteiger partial charge in [0.1, 0.15) is 0 Å². The molecule has 0 bridgehead atoms. The first kappa shape index (κ1) is 16.2. The van der Waals surface area contributed by atoms with Gasteiger partial charge in [0.15, 0.2) is 0 Å². The highest BCUT2D eigenvalue weighted by Gasteiger charge is 2.29. The number of hydrogen-bond donors (Lipinski definition) is 0. The lowest BCUT2D eigenvalue weighted by atomic mass is 10.1. The van der Waals surface area contributed by atoms with Crippen LogP contribution in [0.15, 0.2) is 30.3 Å². The second kappa shape index (κ2) is 7.53. The van der Waals surface area contributed by atoms with Gasteiger partial charge in [0.05, 0.1) is 12.7 Å². The average Bonchev–Trinajstić information content (AvgIpc) is 2.37. The number of methoxy groups -OCH3 is 1. The van der Waals surface area contributed by atoms with Crippen LogP contribution in [0, 0.1) is 0 Å². The number of carbonyl (C=O) groups is 1. The van der Waals surface area contributed by atoms with Gasteiger partial charge in [-0.25, -0.2) is 4.79 Å². The summed E-state index contributed by atoms with van der Waals surface area (Å²) >= 11 is 0. The van der Waals surface area contributed by atoms with Gasteiger partial charge in [-0.3, -0.25) is 0 Å². The van der Waals surface area contributed by atoms with E-state index in [2.05, 4.69) is 4.74 Å². The second-order valence-corrected chi connectivity index (χ2v) is 2.98. The Balaban J connectivity index is 0.00000137. The Hall–Kier alpha value is -1.78. The van der Waals surface area contributed by atoms with Crippen molar-refractivity contribution in [2.75, 3.05) is 7.11 Å². The van der Waals surface area contributed by atoms with E-state index in [1.165, 1.54) is 25.3 Å². The second-order valence-electron chi connectivity index (χ2n) is 2.98. The first-order valence-electron chi connectivity index (χ1n) is 5.37. The summed E-state index contributed by atoms with van der Waals surface area (Å²) in [6.45, 7) is 4.00. The summed E-state index contributed by atoms with van der Waals surface area (Å²) < 4.78 is 40.9. The van der Waals surface area contributed by atoms with Crippen molar-refractivity contribution in [1.29, 1.82) is 0 Å². The molecule has 0 fully saturated rings. The molecule has 0 amide bonds. The van der Waals surface area contributed by atoms with Crippen LogP contribution in [-0.4, -0.2) is 13.1 Å². The number of rotatable bonds is 2. The van der Waals surface area contributed by atoms with Crippen molar-refractivity contribution in [3.05, 3.63) is 41.5 Å². The third-order valence-corrected chi connectivity index (χ3v) is 1.85. The molecule has 0 spiro atoms. The van der Waals surface area contributed by atoms with Crippen molar-refractivity contribution < 1.29 is 22.7 Å². The molecule has 0 aliphatic rings. The third-order valence-electron chi connectivity index (χ3n) is 1.85. The molecule has 0 aromatic heterocycles. The van der Waals surface area contributed by atoms with E-state index in [0.717, 1.165) is 18.2 Å². The molecule has 1 rings (SSSR count). The summed E-state index contributed by atoms with van der Waals surface area (Å²) in [4.78, 5) is 10.7. The van der Waals surface area contributed by atoms with Crippen LogP contribution in [0.4, 0.5) is 13.2 Å². The summed E-state index contributed by atoms with van der Waals surface area (Å²) in [6, 6.07) is 4.47. The Morgan fingerprint density at radius 1 is 1.17 bits per heavy atom. The molecule has 0 atom stereocenters. The zero-order valence-electron chi connectivity index (χ0n) is 10.4. The zero-order valence-corrected chi connectivity index (χ0v) is 10.4. The highest BCUT2D eigenvalue weighted by molar-refractivity contribution is 5.86. The van der Waals surface area contributed by atoms with Gasteiger partial charge >= 0.3 is 12.1 Å². The predicted octanol–water partition coefficient (Wildman–Crippen LogP) is 3.92. The molecule has 0 unspecified atom stereocenters. The van der Waals surface area contributed by atoms with Gasteiger partial charge < -0.3 is 4.74 Å². The SMILES string of the molecule is CC.COC(=O)/C=C/c1ccc(C(F)(F)F)cc1. The molecule has 18 heavy (non-hydrogen) atoms. The first-order valence-corrected chi connectivity index (χ1v) is 5.37. The van der Waals surface area contributed by atoms with Crippen molar-refractivity contribution in [1.82, 2.24) is 0 Å². The average molecular weight is 260 g/mol. The standard InChI is InChI=1S/C11H9F3O2.C2H6/c1-16-10(15)7-4-8-2-5-9(6-3-8)11(12,13)14;1-2/h2-7H,1H3;1-2H3/b7-4+;. The maximum absolute atomic E-state index is 12.2. The Morgan fingerprint density at radius 2 is 1.67 bits per heavy atom. The van der Waals surface area contributed by atoms with E-state index in [0.29, 0.717) is 5.56 Å². The molecule has 0 radical (unpaired) electrons. The van der Waals surface area contributed by atoms with Crippen LogP contribution in [0.2, 0.25) is 0 Å². The van der Waals surface area contributed by atoms with E-state index >= 15 is 0 Å². The summed E-state index contributed by atoms with van der Waals surface area (Å²) in [5.74, 6) is -0.556. The minimum atomic E-state index is -4.34. The Labute approximate surface area is 104 Å². The maximum Gasteiger partial charge on any atom is 0.416 e. The van der Waals surface area contributed by atoms with Crippen LogP contribution in [0.1, 0.15) is 25.0 Å². The first-order chi connectivity index (χ1) is 8.43. The molecular formula is C13H15F3O2. The third kappa shape index (κ3) is 5.52. The summed E-state index contributed by atoms with van der Waals surface area (Å²) in [5.41, 5.74) is -0.221. The van der Waals surface area contributed by atoms with Crippen LogP contribution in [0.25, 0.3) is 6.08 Å². The summed E-state index contributed by atoms with van der Waals surface area (Å²) in [7, 11) is 1.22. The molecule has 0 aliphatic heterocycles. The summed E-state index contributed by atoms with van der Waals surface area (Å²) in [5, 5.41) is 0. The van der Waals surface area contributed by atoms with Crippen molar-refractivity contribution in [2.24, 2.45) is 0 Å². The summed E-state index contributed by atoms with van der Waals surface area (Å²) in [6.07, 6.45) is -1.82. The number of hydrogen-bond acceptors (Lipinski definition) is 2. The minimum Gasteiger partial charge on any atom is -0.466 e. The molecule has 100 valence electrons. The quantitative estimate of drug-likeness (QED) is 0.595. The van der Waals surface area contributed by atoms with Gasteiger partial charge in [-0.05, 0) is 23.8 Å². The topological polar surface area (TPSA) is 26.3 Å². The number of carbonyl (C=O) groups excluding carboxylic acids is 1. The fraction of sp³-hybridized carbons (Fsp3) is 0.308. The van der Waals surface area contributed by atoms with Gasteiger partial charge in [-0.2, -0.15) is 13.2 Å². The van der Waals surface area contributed by atoms with Crippen LogP contribution in [-0.2, 0) is 15.7 Å². The molecule has 0 saturated carbocycles. The van der Waals surface area contributed by atoms with Crippen LogP contribution < -0.4 is 0 Å². The Morgan fingerprint density at radius 3 is 2.06 bits per heavy atom. The zero-order chi connectivity index (χ0) is 14.2. The molecule has 1 aromatic carbocycles. The van der Waals surface area contributed by atoms with E-state index in [-0.39, 0.29) is 0 Å². The fourth-order valence-corrected chi connectivity index (χ4v) is 1.02. The molecule has 1 aromatic rings.